The van der Waals surface area contributed by atoms with Gasteiger partial charge in [-0.2, -0.15) is 0 Å². The molecule has 4 nitrogen and oxygen atoms in total. The van der Waals surface area contributed by atoms with Crippen LogP contribution in [0.15, 0.2) is 18.2 Å². The SMILES string of the molecule is CCO[C@H]1COC[C@@H]1Nc1nc2ccc(Cl)cc2s1. The van der Waals surface area contributed by atoms with Gasteiger partial charge in [-0.05, 0) is 25.1 Å². The molecule has 1 aliphatic rings. The lowest BCUT2D eigenvalue weighted by Crippen LogP contribution is -2.34. The molecule has 1 N–H and O–H groups in total. The topological polar surface area (TPSA) is 43.4 Å². The zero-order valence-electron chi connectivity index (χ0n) is 10.6. The lowest BCUT2D eigenvalue weighted by molar-refractivity contribution is 0.0478. The minimum Gasteiger partial charge on any atom is -0.376 e. The second kappa shape index (κ2) is 5.63. The van der Waals surface area contributed by atoms with Crippen molar-refractivity contribution in [3.05, 3.63) is 23.2 Å². The van der Waals surface area contributed by atoms with E-state index in [0.29, 0.717) is 19.8 Å². The van der Waals surface area contributed by atoms with Gasteiger partial charge in [-0.25, -0.2) is 4.98 Å². The van der Waals surface area contributed by atoms with Crippen LogP contribution in [0, 0.1) is 0 Å². The van der Waals surface area contributed by atoms with E-state index < -0.39 is 0 Å². The Morgan fingerprint density at radius 1 is 1.53 bits per heavy atom. The number of hydrogen-bond donors (Lipinski definition) is 1. The summed E-state index contributed by atoms with van der Waals surface area (Å²) in [5, 5.41) is 5.02. The van der Waals surface area contributed by atoms with Crippen LogP contribution in [-0.2, 0) is 9.47 Å². The minimum absolute atomic E-state index is 0.0978. The van der Waals surface area contributed by atoms with E-state index >= 15 is 0 Å². The molecule has 3 rings (SSSR count). The molecule has 1 fully saturated rings. The third-order valence-electron chi connectivity index (χ3n) is 3.07. The second-order valence-corrected chi connectivity index (χ2v) is 5.88. The fourth-order valence-electron chi connectivity index (χ4n) is 2.17. The molecule has 2 atom stereocenters. The number of aromatic nitrogens is 1. The molecule has 1 aromatic heterocycles. The molecule has 19 heavy (non-hydrogen) atoms. The van der Waals surface area contributed by atoms with Gasteiger partial charge in [-0.15, -0.1) is 0 Å². The number of benzene rings is 1. The Bertz CT molecular complexity index is 575. The summed E-state index contributed by atoms with van der Waals surface area (Å²) in [5.74, 6) is 0. The van der Waals surface area contributed by atoms with E-state index in [1.807, 2.05) is 25.1 Å². The average Bonchev–Trinajstić information content (AvgIpc) is 2.97. The molecular formula is C13H15ClN2O2S. The van der Waals surface area contributed by atoms with E-state index in [9.17, 15) is 0 Å². The molecule has 1 saturated heterocycles. The van der Waals surface area contributed by atoms with Crippen molar-refractivity contribution in [2.75, 3.05) is 25.1 Å². The van der Waals surface area contributed by atoms with Gasteiger partial charge in [0.25, 0.3) is 0 Å². The van der Waals surface area contributed by atoms with E-state index in [4.69, 9.17) is 21.1 Å². The summed E-state index contributed by atoms with van der Waals surface area (Å²) in [5.41, 5.74) is 0.962. The molecule has 0 aliphatic carbocycles. The largest absolute Gasteiger partial charge is 0.376 e. The lowest BCUT2D eigenvalue weighted by Gasteiger charge is -2.18. The quantitative estimate of drug-likeness (QED) is 0.941. The van der Waals surface area contributed by atoms with Crippen LogP contribution in [0.1, 0.15) is 6.92 Å². The van der Waals surface area contributed by atoms with Crippen LogP contribution >= 0.6 is 22.9 Å². The molecule has 0 bridgehead atoms. The molecule has 0 radical (unpaired) electrons. The smallest absolute Gasteiger partial charge is 0.184 e. The maximum absolute atomic E-state index is 5.98. The fourth-order valence-corrected chi connectivity index (χ4v) is 3.37. The molecule has 0 amide bonds. The van der Waals surface area contributed by atoms with Crippen LogP contribution in [0.25, 0.3) is 10.2 Å². The molecule has 6 heteroatoms. The van der Waals surface area contributed by atoms with Gasteiger partial charge in [0.2, 0.25) is 0 Å². The number of fused-ring (bicyclic) bond motifs is 1. The van der Waals surface area contributed by atoms with Crippen LogP contribution in [0.3, 0.4) is 0 Å². The lowest BCUT2D eigenvalue weighted by atomic mass is 10.2. The predicted octanol–water partition coefficient (Wildman–Crippen LogP) is 3.17. The van der Waals surface area contributed by atoms with Crippen molar-refractivity contribution < 1.29 is 9.47 Å². The number of ether oxygens (including phenoxy) is 2. The highest BCUT2D eigenvalue weighted by Crippen LogP contribution is 2.29. The van der Waals surface area contributed by atoms with Crippen molar-refractivity contribution in [2.45, 2.75) is 19.1 Å². The normalized spacial score (nSPS) is 23.1. The van der Waals surface area contributed by atoms with Crippen LogP contribution in [0.2, 0.25) is 5.02 Å². The zero-order valence-corrected chi connectivity index (χ0v) is 12.1. The molecular weight excluding hydrogens is 284 g/mol. The molecule has 1 aromatic carbocycles. The van der Waals surface area contributed by atoms with Crippen molar-refractivity contribution in [3.63, 3.8) is 0 Å². The summed E-state index contributed by atoms with van der Waals surface area (Å²) < 4.78 is 12.2. The van der Waals surface area contributed by atoms with Crippen molar-refractivity contribution in [1.82, 2.24) is 4.98 Å². The Balaban J connectivity index is 1.77. The van der Waals surface area contributed by atoms with E-state index in [1.165, 1.54) is 0 Å². The van der Waals surface area contributed by atoms with Gasteiger partial charge >= 0.3 is 0 Å². The van der Waals surface area contributed by atoms with E-state index in [0.717, 1.165) is 20.4 Å². The molecule has 0 spiro atoms. The summed E-state index contributed by atoms with van der Waals surface area (Å²) in [6.45, 7) is 3.99. The Labute approximate surface area is 120 Å². The predicted molar refractivity (Wildman–Crippen MR) is 78.3 cm³/mol. The maximum Gasteiger partial charge on any atom is 0.184 e. The maximum atomic E-state index is 5.98. The number of hydrogen-bond acceptors (Lipinski definition) is 5. The van der Waals surface area contributed by atoms with Crippen molar-refractivity contribution >= 4 is 38.3 Å². The minimum atomic E-state index is 0.0978. The van der Waals surface area contributed by atoms with Gasteiger partial charge in [-0.1, -0.05) is 22.9 Å². The summed E-state index contributed by atoms with van der Waals surface area (Å²) >= 11 is 7.58. The van der Waals surface area contributed by atoms with Crippen LogP contribution in [0.5, 0.6) is 0 Å². The number of anilines is 1. The first-order chi connectivity index (χ1) is 9.26. The standard InChI is InChI=1S/C13H15ClN2O2S/c1-2-18-11-7-17-6-10(11)16-13-15-9-4-3-8(14)5-12(9)19-13/h3-5,10-11H,2,6-7H2,1H3,(H,15,16)/t10-,11-/m0/s1. The number of thiazole rings is 1. The molecule has 102 valence electrons. The Morgan fingerprint density at radius 3 is 3.26 bits per heavy atom. The average molecular weight is 299 g/mol. The number of halogens is 1. The summed E-state index contributed by atoms with van der Waals surface area (Å²) in [4.78, 5) is 4.55. The molecule has 1 aliphatic heterocycles. The van der Waals surface area contributed by atoms with Gasteiger partial charge in [0, 0.05) is 11.6 Å². The summed E-state index contributed by atoms with van der Waals surface area (Å²) in [6.07, 6.45) is 0.0978. The van der Waals surface area contributed by atoms with Gasteiger partial charge in [0.15, 0.2) is 5.13 Å². The molecule has 0 saturated carbocycles. The monoisotopic (exact) mass is 298 g/mol. The van der Waals surface area contributed by atoms with Crippen LogP contribution in [-0.4, -0.2) is 37.0 Å². The van der Waals surface area contributed by atoms with Gasteiger partial charge in [0.05, 0.1) is 29.5 Å². The number of rotatable bonds is 4. The first-order valence-corrected chi connectivity index (χ1v) is 7.47. The summed E-state index contributed by atoms with van der Waals surface area (Å²) in [7, 11) is 0. The Hall–Kier alpha value is -0.880. The highest BCUT2D eigenvalue weighted by atomic mass is 35.5. The Morgan fingerprint density at radius 2 is 2.42 bits per heavy atom. The van der Waals surface area contributed by atoms with E-state index in [2.05, 4.69) is 10.3 Å². The van der Waals surface area contributed by atoms with Crippen molar-refractivity contribution in [3.8, 4) is 0 Å². The second-order valence-electron chi connectivity index (χ2n) is 4.41. The fraction of sp³-hybridized carbons (Fsp3) is 0.462. The van der Waals surface area contributed by atoms with Crippen LogP contribution in [0.4, 0.5) is 5.13 Å². The summed E-state index contributed by atoms with van der Waals surface area (Å²) in [6, 6.07) is 5.89. The van der Waals surface area contributed by atoms with Crippen molar-refractivity contribution in [2.24, 2.45) is 0 Å². The van der Waals surface area contributed by atoms with E-state index in [1.54, 1.807) is 11.3 Å². The number of nitrogens with one attached hydrogen (secondary N) is 1. The molecule has 2 aromatic rings. The zero-order chi connectivity index (χ0) is 13.2. The van der Waals surface area contributed by atoms with E-state index in [-0.39, 0.29) is 12.1 Å². The van der Waals surface area contributed by atoms with Gasteiger partial charge in [-0.3, -0.25) is 0 Å². The first-order valence-electron chi connectivity index (χ1n) is 6.28. The van der Waals surface area contributed by atoms with Gasteiger partial charge < -0.3 is 14.8 Å². The van der Waals surface area contributed by atoms with Crippen molar-refractivity contribution in [1.29, 1.82) is 0 Å². The highest BCUT2D eigenvalue weighted by Gasteiger charge is 2.29. The molecule has 0 unspecified atom stereocenters. The number of nitrogens with zero attached hydrogens (tertiary/aromatic N) is 1. The first kappa shape index (κ1) is 13.1. The van der Waals surface area contributed by atoms with Crippen LogP contribution < -0.4 is 5.32 Å². The highest BCUT2D eigenvalue weighted by molar-refractivity contribution is 7.22. The molecule has 2 heterocycles. The third kappa shape index (κ3) is 2.84. The third-order valence-corrected chi connectivity index (χ3v) is 4.25. The Kier molecular flexibility index (Phi) is 3.88. The van der Waals surface area contributed by atoms with Gasteiger partial charge in [0.1, 0.15) is 6.10 Å².